The van der Waals surface area contributed by atoms with Crippen molar-refractivity contribution in [1.82, 2.24) is 14.3 Å². The van der Waals surface area contributed by atoms with Gasteiger partial charge in [0.05, 0.1) is 13.1 Å². The van der Waals surface area contributed by atoms with Gasteiger partial charge in [-0.05, 0) is 35.9 Å². The second kappa shape index (κ2) is 5.86. The molecule has 1 aliphatic heterocycles. The summed E-state index contributed by atoms with van der Waals surface area (Å²) in [5, 5.41) is 4.77. The molecule has 4 rings (SSSR count). The molecule has 1 aliphatic rings. The molecular formula is C17H12ClFN4O2. The average molecular weight is 359 g/mol. The minimum atomic E-state index is -0.524. The minimum absolute atomic E-state index is 0.148. The van der Waals surface area contributed by atoms with Crippen molar-refractivity contribution in [3.63, 3.8) is 0 Å². The summed E-state index contributed by atoms with van der Waals surface area (Å²) < 4.78 is 15.3. The van der Waals surface area contributed by atoms with E-state index in [1.807, 2.05) is 6.07 Å². The fourth-order valence-electron chi connectivity index (χ4n) is 2.79. The highest BCUT2D eigenvalue weighted by molar-refractivity contribution is 6.31. The second-order valence-corrected chi connectivity index (χ2v) is 6.04. The quantitative estimate of drug-likeness (QED) is 0.723. The number of hydrogen-bond donors (Lipinski definition) is 0. The fraction of sp³-hybridized carbons (Fsp3) is 0.118. The summed E-state index contributed by atoms with van der Waals surface area (Å²) in [4.78, 5) is 26.5. The van der Waals surface area contributed by atoms with Gasteiger partial charge in [-0.3, -0.25) is 4.90 Å². The van der Waals surface area contributed by atoms with Gasteiger partial charge >= 0.3 is 11.7 Å². The number of anilines is 1. The minimum Gasteiger partial charge on any atom is -0.286 e. The topological polar surface area (TPSA) is 60.1 Å². The lowest BCUT2D eigenvalue weighted by Crippen LogP contribution is -2.35. The maximum absolute atomic E-state index is 13.0. The van der Waals surface area contributed by atoms with Crippen molar-refractivity contribution >= 4 is 23.3 Å². The average Bonchev–Trinajstić information content (AvgIpc) is 3.08. The summed E-state index contributed by atoms with van der Waals surface area (Å²) in [5.41, 5.74) is 0.726. The van der Waals surface area contributed by atoms with Crippen LogP contribution in [-0.4, -0.2) is 20.4 Å². The molecule has 0 bridgehead atoms. The van der Waals surface area contributed by atoms with Crippen LogP contribution in [0.1, 0.15) is 11.4 Å². The van der Waals surface area contributed by atoms with E-state index in [4.69, 9.17) is 11.6 Å². The zero-order chi connectivity index (χ0) is 17.6. The van der Waals surface area contributed by atoms with Crippen LogP contribution in [0.25, 0.3) is 0 Å². The number of fused-ring (bicyclic) bond motifs is 1. The Morgan fingerprint density at radius 3 is 2.48 bits per heavy atom. The molecule has 0 atom stereocenters. The molecule has 126 valence electrons. The largest absolute Gasteiger partial charge is 0.354 e. The summed E-state index contributed by atoms with van der Waals surface area (Å²) in [6.07, 6.45) is 0. The Morgan fingerprint density at radius 1 is 1.08 bits per heavy atom. The number of hydrogen-bond acceptors (Lipinski definition) is 3. The van der Waals surface area contributed by atoms with E-state index in [1.165, 1.54) is 33.8 Å². The molecule has 0 fully saturated rings. The van der Waals surface area contributed by atoms with Gasteiger partial charge in [0.2, 0.25) is 0 Å². The molecule has 0 N–H and O–H groups in total. The number of benzene rings is 2. The molecule has 8 heteroatoms. The summed E-state index contributed by atoms with van der Waals surface area (Å²) in [6.45, 7) is 0.331. The highest BCUT2D eigenvalue weighted by atomic mass is 35.5. The van der Waals surface area contributed by atoms with Gasteiger partial charge in [0.15, 0.2) is 5.82 Å². The number of halogens is 2. The Labute approximate surface area is 146 Å². The van der Waals surface area contributed by atoms with Gasteiger partial charge in [0, 0.05) is 10.7 Å². The summed E-state index contributed by atoms with van der Waals surface area (Å²) >= 11 is 6.11. The molecule has 3 aromatic rings. The van der Waals surface area contributed by atoms with Gasteiger partial charge < -0.3 is 0 Å². The predicted octanol–water partition coefficient (Wildman–Crippen LogP) is 2.87. The first kappa shape index (κ1) is 15.6. The molecule has 0 saturated heterocycles. The van der Waals surface area contributed by atoms with E-state index in [-0.39, 0.29) is 13.1 Å². The zero-order valence-corrected chi connectivity index (χ0v) is 13.7. The third-order valence-corrected chi connectivity index (χ3v) is 4.41. The lowest BCUT2D eigenvalue weighted by atomic mass is 10.2. The number of rotatable bonds is 3. The molecule has 1 amide bonds. The molecule has 0 unspecified atom stereocenters. The van der Waals surface area contributed by atoms with E-state index in [1.54, 1.807) is 18.2 Å². The van der Waals surface area contributed by atoms with E-state index in [0.29, 0.717) is 16.5 Å². The zero-order valence-electron chi connectivity index (χ0n) is 12.9. The van der Waals surface area contributed by atoms with E-state index >= 15 is 0 Å². The third kappa shape index (κ3) is 2.62. The SMILES string of the molecule is O=C1N(c2ccc(F)cc2)Cc2nn(Cc3ccccc3Cl)c(=O)n21. The Bertz CT molecular complexity index is 1030. The molecule has 0 radical (unpaired) electrons. The van der Waals surface area contributed by atoms with Crippen LogP contribution < -0.4 is 10.6 Å². The van der Waals surface area contributed by atoms with E-state index in [2.05, 4.69) is 5.10 Å². The Hall–Kier alpha value is -2.93. The Morgan fingerprint density at radius 2 is 1.80 bits per heavy atom. The molecule has 0 saturated carbocycles. The van der Waals surface area contributed by atoms with Crippen molar-refractivity contribution in [2.45, 2.75) is 13.1 Å². The maximum atomic E-state index is 13.0. The Balaban J connectivity index is 1.65. The predicted molar refractivity (Wildman–Crippen MR) is 90.4 cm³/mol. The molecule has 1 aromatic heterocycles. The van der Waals surface area contributed by atoms with Gasteiger partial charge in [-0.15, -0.1) is 0 Å². The van der Waals surface area contributed by atoms with Crippen LogP contribution >= 0.6 is 11.6 Å². The molecular weight excluding hydrogens is 347 g/mol. The van der Waals surface area contributed by atoms with Gasteiger partial charge in [0.25, 0.3) is 0 Å². The van der Waals surface area contributed by atoms with Crippen LogP contribution in [-0.2, 0) is 13.1 Å². The monoisotopic (exact) mass is 358 g/mol. The first-order valence-corrected chi connectivity index (χ1v) is 7.92. The molecule has 2 heterocycles. The first-order chi connectivity index (χ1) is 12.0. The number of aromatic nitrogens is 3. The van der Waals surface area contributed by atoms with Crippen molar-refractivity contribution in [1.29, 1.82) is 0 Å². The normalized spacial score (nSPS) is 13.4. The summed E-state index contributed by atoms with van der Waals surface area (Å²) in [7, 11) is 0. The standard InChI is InChI=1S/C17H12ClFN4O2/c18-14-4-2-1-3-11(14)9-22-17(25)23-15(20-22)10-21(16(23)24)13-7-5-12(19)6-8-13/h1-8H,9-10H2. The number of carbonyl (C=O) groups is 1. The lowest BCUT2D eigenvalue weighted by Gasteiger charge is -2.14. The second-order valence-electron chi connectivity index (χ2n) is 5.63. The number of nitrogens with zero attached hydrogens (tertiary/aromatic N) is 4. The Kier molecular flexibility index (Phi) is 3.65. The summed E-state index contributed by atoms with van der Waals surface area (Å²) in [5.74, 6) is -0.0541. The van der Waals surface area contributed by atoms with Crippen molar-refractivity contribution in [3.8, 4) is 0 Å². The van der Waals surface area contributed by atoms with E-state index in [0.717, 1.165) is 10.1 Å². The van der Waals surface area contributed by atoms with E-state index in [9.17, 15) is 14.0 Å². The van der Waals surface area contributed by atoms with Crippen molar-refractivity contribution in [2.75, 3.05) is 4.90 Å². The van der Waals surface area contributed by atoms with Crippen LogP contribution in [0.15, 0.2) is 53.3 Å². The number of amides is 1. The molecule has 25 heavy (non-hydrogen) atoms. The van der Waals surface area contributed by atoms with Crippen LogP contribution in [0.2, 0.25) is 5.02 Å². The molecule has 0 spiro atoms. The third-order valence-electron chi connectivity index (χ3n) is 4.04. The van der Waals surface area contributed by atoms with Crippen LogP contribution in [0.3, 0.4) is 0 Å². The molecule has 6 nitrogen and oxygen atoms in total. The fourth-order valence-corrected chi connectivity index (χ4v) is 2.99. The first-order valence-electron chi connectivity index (χ1n) is 7.54. The van der Waals surface area contributed by atoms with Gasteiger partial charge in [-0.2, -0.15) is 9.67 Å². The van der Waals surface area contributed by atoms with Gasteiger partial charge in [-0.1, -0.05) is 29.8 Å². The number of carbonyl (C=O) groups excluding carboxylic acids is 1. The molecule has 2 aromatic carbocycles. The van der Waals surface area contributed by atoms with Gasteiger partial charge in [-0.25, -0.2) is 18.7 Å². The highest BCUT2D eigenvalue weighted by Gasteiger charge is 2.33. The van der Waals surface area contributed by atoms with Crippen LogP contribution in [0.5, 0.6) is 0 Å². The van der Waals surface area contributed by atoms with Crippen molar-refractivity contribution in [2.24, 2.45) is 0 Å². The van der Waals surface area contributed by atoms with Gasteiger partial charge in [0.1, 0.15) is 5.82 Å². The van der Waals surface area contributed by atoms with E-state index < -0.39 is 17.5 Å². The summed E-state index contributed by atoms with van der Waals surface area (Å²) in [6, 6.07) is 12.1. The van der Waals surface area contributed by atoms with Crippen molar-refractivity contribution < 1.29 is 9.18 Å². The lowest BCUT2D eigenvalue weighted by molar-refractivity contribution is 0.250. The molecule has 0 aliphatic carbocycles. The maximum Gasteiger partial charge on any atom is 0.354 e. The highest BCUT2D eigenvalue weighted by Crippen LogP contribution is 2.23. The van der Waals surface area contributed by atoms with Crippen molar-refractivity contribution in [3.05, 3.63) is 81.2 Å². The van der Waals surface area contributed by atoms with Crippen LogP contribution in [0, 0.1) is 5.82 Å². The smallest absolute Gasteiger partial charge is 0.286 e. The van der Waals surface area contributed by atoms with Crippen LogP contribution in [0.4, 0.5) is 14.9 Å².